The topological polar surface area (TPSA) is 85.8 Å². The van der Waals surface area contributed by atoms with E-state index in [-0.39, 0.29) is 17.5 Å². The molecule has 1 fully saturated rings. The van der Waals surface area contributed by atoms with Crippen LogP contribution in [0.25, 0.3) is 0 Å². The normalized spacial score (nSPS) is 21.7. The van der Waals surface area contributed by atoms with Crippen LogP contribution in [-0.2, 0) is 21.3 Å². The van der Waals surface area contributed by atoms with E-state index in [2.05, 4.69) is 0 Å². The van der Waals surface area contributed by atoms with Gasteiger partial charge in [0.2, 0.25) is 10.0 Å². The molecule has 2 heterocycles. The Hall–Kier alpha value is -0.890. The largest absolute Gasteiger partial charge is 0.464 e. The number of furan rings is 1. The summed E-state index contributed by atoms with van der Waals surface area (Å²) in [6.45, 7) is 2.74. The number of sulfonamides is 1. The van der Waals surface area contributed by atoms with Crippen molar-refractivity contribution in [2.45, 2.75) is 37.3 Å². The highest BCUT2D eigenvalue weighted by atomic mass is 32.2. The van der Waals surface area contributed by atoms with Gasteiger partial charge in [0.1, 0.15) is 16.4 Å². The molecule has 1 aliphatic heterocycles. The van der Waals surface area contributed by atoms with E-state index in [4.69, 9.17) is 14.9 Å². The Kier molecular flexibility index (Phi) is 4.29. The van der Waals surface area contributed by atoms with Gasteiger partial charge in [-0.3, -0.25) is 0 Å². The minimum atomic E-state index is -3.52. The van der Waals surface area contributed by atoms with E-state index in [0.717, 1.165) is 12.8 Å². The van der Waals surface area contributed by atoms with Crippen LogP contribution in [0.1, 0.15) is 24.4 Å². The average molecular weight is 288 g/mol. The highest BCUT2D eigenvalue weighted by Gasteiger charge is 2.32. The fraction of sp³-hybridized carbons (Fsp3) is 0.667. The van der Waals surface area contributed by atoms with Crippen LogP contribution in [-0.4, -0.2) is 39.0 Å². The number of ether oxygens (including phenoxy) is 1. The summed E-state index contributed by atoms with van der Waals surface area (Å²) in [6.07, 6.45) is 1.66. The van der Waals surface area contributed by atoms with Crippen molar-refractivity contribution in [1.29, 1.82) is 0 Å². The van der Waals surface area contributed by atoms with Crippen molar-refractivity contribution in [2.24, 2.45) is 5.73 Å². The van der Waals surface area contributed by atoms with Gasteiger partial charge >= 0.3 is 0 Å². The Bertz CT molecular complexity index is 538. The molecule has 6 nitrogen and oxygen atoms in total. The zero-order valence-corrected chi connectivity index (χ0v) is 12.1. The minimum Gasteiger partial charge on any atom is -0.464 e. The summed E-state index contributed by atoms with van der Waals surface area (Å²) in [4.78, 5) is 0.213. The highest BCUT2D eigenvalue weighted by Crippen LogP contribution is 2.26. The molecule has 2 N–H and O–H groups in total. The number of rotatable bonds is 4. The van der Waals surface area contributed by atoms with Gasteiger partial charge in [0.05, 0.1) is 12.6 Å². The Morgan fingerprint density at radius 3 is 2.89 bits per heavy atom. The van der Waals surface area contributed by atoms with Gasteiger partial charge in [-0.15, -0.1) is 0 Å². The lowest BCUT2D eigenvalue weighted by atomic mass is 10.1. The maximum atomic E-state index is 12.6. The first-order chi connectivity index (χ1) is 8.98. The van der Waals surface area contributed by atoms with Gasteiger partial charge in [0.15, 0.2) is 0 Å². The zero-order valence-electron chi connectivity index (χ0n) is 11.3. The summed E-state index contributed by atoms with van der Waals surface area (Å²) in [6, 6.07) is 1.51. The summed E-state index contributed by atoms with van der Waals surface area (Å²) in [5.74, 6) is 0.872. The molecule has 0 radical (unpaired) electrons. The molecule has 19 heavy (non-hydrogen) atoms. The van der Waals surface area contributed by atoms with Gasteiger partial charge in [0.25, 0.3) is 0 Å². The molecule has 1 aromatic rings. The molecule has 0 amide bonds. The van der Waals surface area contributed by atoms with Gasteiger partial charge in [-0.25, -0.2) is 8.42 Å². The second-order valence-corrected chi connectivity index (χ2v) is 6.61. The SMILES string of the molecule is COC1CCCN(S(=O)(=O)c2cc(CN)oc2C)C1. The van der Waals surface area contributed by atoms with Crippen molar-refractivity contribution in [3.63, 3.8) is 0 Å². The molecule has 1 aromatic heterocycles. The highest BCUT2D eigenvalue weighted by molar-refractivity contribution is 7.89. The number of aryl methyl sites for hydroxylation is 1. The van der Waals surface area contributed by atoms with E-state index >= 15 is 0 Å². The lowest BCUT2D eigenvalue weighted by Crippen LogP contribution is -2.42. The summed E-state index contributed by atoms with van der Waals surface area (Å²) in [5, 5.41) is 0. The van der Waals surface area contributed by atoms with Crippen LogP contribution in [0.5, 0.6) is 0 Å². The van der Waals surface area contributed by atoms with Crippen molar-refractivity contribution in [1.82, 2.24) is 4.31 Å². The standard InChI is InChI=1S/C12H20N2O4S/c1-9-12(6-11(7-13)18-9)19(15,16)14-5-3-4-10(8-14)17-2/h6,10H,3-5,7-8,13H2,1-2H3. The van der Waals surface area contributed by atoms with E-state index in [1.165, 1.54) is 10.4 Å². The third-order valence-electron chi connectivity index (χ3n) is 3.42. The zero-order chi connectivity index (χ0) is 14.0. The van der Waals surface area contributed by atoms with Crippen LogP contribution < -0.4 is 5.73 Å². The number of methoxy groups -OCH3 is 1. The van der Waals surface area contributed by atoms with Gasteiger partial charge in [-0.05, 0) is 19.8 Å². The maximum Gasteiger partial charge on any atom is 0.246 e. The Labute approximate surface area is 113 Å². The van der Waals surface area contributed by atoms with Crippen molar-refractivity contribution in [3.8, 4) is 0 Å². The van der Waals surface area contributed by atoms with Gasteiger partial charge in [0, 0.05) is 26.3 Å². The lowest BCUT2D eigenvalue weighted by Gasteiger charge is -2.30. The number of hydrogen-bond acceptors (Lipinski definition) is 5. The maximum absolute atomic E-state index is 12.6. The first-order valence-corrected chi connectivity index (χ1v) is 7.75. The Morgan fingerprint density at radius 1 is 1.58 bits per heavy atom. The van der Waals surface area contributed by atoms with Crippen LogP contribution in [0.3, 0.4) is 0 Å². The molecule has 1 saturated heterocycles. The number of hydrogen-bond donors (Lipinski definition) is 1. The van der Waals surface area contributed by atoms with Crippen LogP contribution >= 0.6 is 0 Å². The van der Waals surface area contributed by atoms with Crippen molar-refractivity contribution < 1.29 is 17.6 Å². The summed E-state index contributed by atoms with van der Waals surface area (Å²) >= 11 is 0. The molecule has 2 rings (SSSR count). The predicted octanol–water partition coefficient (Wildman–Crippen LogP) is 0.846. The van der Waals surface area contributed by atoms with Crippen LogP contribution in [0.15, 0.2) is 15.4 Å². The van der Waals surface area contributed by atoms with E-state index < -0.39 is 10.0 Å². The van der Waals surface area contributed by atoms with Crippen molar-refractivity contribution in [2.75, 3.05) is 20.2 Å². The number of nitrogens with two attached hydrogens (primary N) is 1. The second-order valence-electron chi connectivity index (χ2n) is 4.70. The molecule has 7 heteroatoms. The summed E-state index contributed by atoms with van der Waals surface area (Å²) in [7, 11) is -1.91. The predicted molar refractivity (Wildman–Crippen MR) is 70.1 cm³/mol. The lowest BCUT2D eigenvalue weighted by molar-refractivity contribution is 0.0571. The van der Waals surface area contributed by atoms with Gasteiger partial charge in [-0.2, -0.15) is 4.31 Å². The fourth-order valence-electron chi connectivity index (χ4n) is 2.34. The molecule has 0 aliphatic carbocycles. The molecule has 1 aliphatic rings. The van der Waals surface area contributed by atoms with Gasteiger partial charge in [-0.1, -0.05) is 0 Å². The molecule has 1 unspecified atom stereocenters. The summed E-state index contributed by atoms with van der Waals surface area (Å²) in [5.41, 5.74) is 5.48. The molecule has 0 saturated carbocycles. The van der Waals surface area contributed by atoms with Crippen LogP contribution in [0.4, 0.5) is 0 Å². The van der Waals surface area contributed by atoms with Crippen LogP contribution in [0.2, 0.25) is 0 Å². The van der Waals surface area contributed by atoms with Crippen molar-refractivity contribution >= 4 is 10.0 Å². The Morgan fingerprint density at radius 2 is 2.32 bits per heavy atom. The molecule has 0 bridgehead atoms. The van der Waals surface area contributed by atoms with Crippen LogP contribution in [0, 0.1) is 6.92 Å². The number of nitrogens with zero attached hydrogens (tertiary/aromatic N) is 1. The fourth-order valence-corrected chi connectivity index (χ4v) is 4.03. The average Bonchev–Trinajstić information content (AvgIpc) is 2.81. The minimum absolute atomic E-state index is 0.0373. The number of piperidine rings is 1. The molecule has 108 valence electrons. The first kappa shape index (κ1) is 14.5. The summed E-state index contributed by atoms with van der Waals surface area (Å²) < 4.78 is 37.2. The van der Waals surface area contributed by atoms with E-state index in [9.17, 15) is 8.42 Å². The molecule has 0 spiro atoms. The molecule has 1 atom stereocenters. The smallest absolute Gasteiger partial charge is 0.246 e. The molecular weight excluding hydrogens is 268 g/mol. The van der Waals surface area contributed by atoms with E-state index in [0.29, 0.717) is 24.6 Å². The van der Waals surface area contributed by atoms with Crippen molar-refractivity contribution in [3.05, 3.63) is 17.6 Å². The second kappa shape index (κ2) is 5.62. The molecular formula is C12H20N2O4S. The first-order valence-electron chi connectivity index (χ1n) is 6.31. The van der Waals surface area contributed by atoms with E-state index in [1.807, 2.05) is 0 Å². The molecule has 0 aromatic carbocycles. The quantitative estimate of drug-likeness (QED) is 0.887. The third kappa shape index (κ3) is 2.84. The monoisotopic (exact) mass is 288 g/mol. The van der Waals surface area contributed by atoms with Gasteiger partial charge < -0.3 is 14.9 Å². The Balaban J connectivity index is 2.28. The van der Waals surface area contributed by atoms with E-state index in [1.54, 1.807) is 14.0 Å². The third-order valence-corrected chi connectivity index (χ3v) is 5.39.